The molecule has 2 aromatic rings. The average Bonchev–Trinajstić information content (AvgIpc) is 2.38. The quantitative estimate of drug-likeness (QED) is 0.937. The highest BCUT2D eigenvalue weighted by molar-refractivity contribution is 9.10. The average molecular weight is 293 g/mol. The highest BCUT2D eigenvalue weighted by atomic mass is 79.9. The van der Waals surface area contributed by atoms with Gasteiger partial charge in [0.05, 0.1) is 7.11 Å². The summed E-state index contributed by atoms with van der Waals surface area (Å²) in [4.78, 5) is 4.25. The zero-order chi connectivity index (χ0) is 12.1. The maximum atomic E-state index is 5.17. The molecule has 0 spiro atoms. The minimum atomic E-state index is 0.728. The standard InChI is InChI=1S/C13H13BrN2O/c1-17-12-4-2-3-10(7-12)8-15-13-6-5-11(14)9-16-13/h2-7,9H,8H2,1H3,(H,15,16). The van der Waals surface area contributed by atoms with E-state index in [1.165, 1.54) is 0 Å². The number of halogens is 1. The van der Waals surface area contributed by atoms with E-state index in [0.717, 1.165) is 28.1 Å². The van der Waals surface area contributed by atoms with Crippen molar-refractivity contribution in [1.82, 2.24) is 4.98 Å². The SMILES string of the molecule is COc1cccc(CNc2ccc(Br)cn2)c1. The molecule has 0 bridgehead atoms. The van der Waals surface area contributed by atoms with Crippen molar-refractivity contribution in [2.75, 3.05) is 12.4 Å². The molecule has 1 N–H and O–H groups in total. The highest BCUT2D eigenvalue weighted by Crippen LogP contribution is 2.15. The van der Waals surface area contributed by atoms with Crippen molar-refractivity contribution in [2.24, 2.45) is 0 Å². The number of nitrogens with zero attached hydrogens (tertiary/aromatic N) is 1. The van der Waals surface area contributed by atoms with Crippen molar-refractivity contribution in [3.05, 3.63) is 52.6 Å². The van der Waals surface area contributed by atoms with Crippen LogP contribution in [0, 0.1) is 0 Å². The van der Waals surface area contributed by atoms with Crippen LogP contribution < -0.4 is 10.1 Å². The summed E-state index contributed by atoms with van der Waals surface area (Å²) in [7, 11) is 1.67. The molecule has 0 amide bonds. The number of methoxy groups -OCH3 is 1. The third kappa shape index (κ3) is 3.46. The molecule has 3 nitrogen and oxygen atoms in total. The second-order valence-electron chi connectivity index (χ2n) is 3.57. The molecule has 4 heteroatoms. The number of nitrogens with one attached hydrogen (secondary N) is 1. The topological polar surface area (TPSA) is 34.1 Å². The van der Waals surface area contributed by atoms with E-state index < -0.39 is 0 Å². The Bertz CT molecular complexity index is 485. The van der Waals surface area contributed by atoms with Crippen molar-refractivity contribution in [1.29, 1.82) is 0 Å². The predicted molar refractivity (Wildman–Crippen MR) is 72.3 cm³/mol. The maximum absolute atomic E-state index is 5.17. The Kier molecular flexibility index (Phi) is 3.98. The fraction of sp³-hybridized carbons (Fsp3) is 0.154. The third-order valence-corrected chi connectivity index (χ3v) is 2.80. The Morgan fingerprint density at radius 3 is 2.88 bits per heavy atom. The lowest BCUT2D eigenvalue weighted by Gasteiger charge is -2.07. The summed E-state index contributed by atoms with van der Waals surface area (Å²) in [5.41, 5.74) is 1.16. The number of hydrogen-bond donors (Lipinski definition) is 1. The van der Waals surface area contributed by atoms with E-state index in [2.05, 4.69) is 26.2 Å². The monoisotopic (exact) mass is 292 g/mol. The van der Waals surface area contributed by atoms with E-state index in [0.29, 0.717) is 0 Å². The van der Waals surface area contributed by atoms with Crippen LogP contribution in [0.2, 0.25) is 0 Å². The number of ether oxygens (including phenoxy) is 1. The molecule has 0 fully saturated rings. The molecule has 0 saturated carbocycles. The van der Waals surface area contributed by atoms with Crippen molar-refractivity contribution >= 4 is 21.7 Å². The maximum Gasteiger partial charge on any atom is 0.126 e. The molecule has 0 unspecified atom stereocenters. The Labute approximate surface area is 109 Å². The van der Waals surface area contributed by atoms with Crippen LogP contribution in [0.3, 0.4) is 0 Å². The number of rotatable bonds is 4. The van der Waals surface area contributed by atoms with Crippen molar-refractivity contribution in [3.63, 3.8) is 0 Å². The largest absolute Gasteiger partial charge is 0.497 e. The third-order valence-electron chi connectivity index (χ3n) is 2.34. The lowest BCUT2D eigenvalue weighted by Crippen LogP contribution is -2.01. The zero-order valence-electron chi connectivity index (χ0n) is 9.48. The zero-order valence-corrected chi connectivity index (χ0v) is 11.1. The number of benzene rings is 1. The van der Waals surface area contributed by atoms with Gasteiger partial charge in [0.1, 0.15) is 11.6 Å². The summed E-state index contributed by atoms with van der Waals surface area (Å²) < 4.78 is 6.15. The van der Waals surface area contributed by atoms with Crippen LogP contribution >= 0.6 is 15.9 Å². The smallest absolute Gasteiger partial charge is 0.126 e. The van der Waals surface area contributed by atoms with Gasteiger partial charge < -0.3 is 10.1 Å². The molecule has 1 aromatic carbocycles. The fourth-order valence-electron chi connectivity index (χ4n) is 1.46. The van der Waals surface area contributed by atoms with Crippen LogP contribution in [0.5, 0.6) is 5.75 Å². The van der Waals surface area contributed by atoms with Crippen LogP contribution in [0.1, 0.15) is 5.56 Å². The lowest BCUT2D eigenvalue weighted by atomic mass is 10.2. The second-order valence-corrected chi connectivity index (χ2v) is 4.48. The molecular weight excluding hydrogens is 280 g/mol. The van der Waals surface area contributed by atoms with Crippen molar-refractivity contribution < 1.29 is 4.74 Å². The van der Waals surface area contributed by atoms with Gasteiger partial charge in [-0.2, -0.15) is 0 Å². The minimum Gasteiger partial charge on any atom is -0.497 e. The molecule has 0 atom stereocenters. The van der Waals surface area contributed by atoms with Gasteiger partial charge >= 0.3 is 0 Å². The molecule has 2 rings (SSSR count). The summed E-state index contributed by atoms with van der Waals surface area (Å²) in [6.07, 6.45) is 1.77. The van der Waals surface area contributed by atoms with E-state index in [1.807, 2.05) is 36.4 Å². The Morgan fingerprint density at radius 2 is 2.18 bits per heavy atom. The molecule has 0 aliphatic carbocycles. The summed E-state index contributed by atoms with van der Waals surface area (Å²) in [5, 5.41) is 3.25. The second kappa shape index (κ2) is 5.68. The van der Waals surface area contributed by atoms with Crippen LogP contribution in [0.15, 0.2) is 47.1 Å². The first-order valence-corrected chi connectivity index (χ1v) is 6.05. The first kappa shape index (κ1) is 11.9. The number of aromatic nitrogens is 1. The Hall–Kier alpha value is -1.55. The summed E-state index contributed by atoms with van der Waals surface area (Å²) >= 11 is 3.35. The van der Waals surface area contributed by atoms with E-state index in [-0.39, 0.29) is 0 Å². The minimum absolute atomic E-state index is 0.728. The van der Waals surface area contributed by atoms with Gasteiger partial charge in [-0.3, -0.25) is 0 Å². The van der Waals surface area contributed by atoms with Gasteiger partial charge in [-0.15, -0.1) is 0 Å². The van der Waals surface area contributed by atoms with E-state index in [4.69, 9.17) is 4.74 Å². The molecule has 17 heavy (non-hydrogen) atoms. The van der Waals surface area contributed by atoms with Gasteiger partial charge in [-0.05, 0) is 45.8 Å². The van der Waals surface area contributed by atoms with E-state index in [9.17, 15) is 0 Å². The Balaban J connectivity index is 1.99. The number of pyridine rings is 1. The molecular formula is C13H13BrN2O. The summed E-state index contributed by atoms with van der Waals surface area (Å²) in [6, 6.07) is 11.9. The molecule has 1 heterocycles. The van der Waals surface area contributed by atoms with Gasteiger partial charge in [0.25, 0.3) is 0 Å². The van der Waals surface area contributed by atoms with Gasteiger partial charge in [0, 0.05) is 17.2 Å². The fourth-order valence-corrected chi connectivity index (χ4v) is 1.69. The van der Waals surface area contributed by atoms with Crippen LogP contribution in [0.25, 0.3) is 0 Å². The lowest BCUT2D eigenvalue weighted by molar-refractivity contribution is 0.414. The summed E-state index contributed by atoms with van der Waals surface area (Å²) in [6.45, 7) is 0.728. The Morgan fingerprint density at radius 1 is 1.29 bits per heavy atom. The molecule has 0 aliphatic heterocycles. The van der Waals surface area contributed by atoms with Gasteiger partial charge in [0.15, 0.2) is 0 Å². The van der Waals surface area contributed by atoms with Gasteiger partial charge in [-0.1, -0.05) is 12.1 Å². The number of anilines is 1. The molecule has 88 valence electrons. The van der Waals surface area contributed by atoms with E-state index >= 15 is 0 Å². The molecule has 0 radical (unpaired) electrons. The van der Waals surface area contributed by atoms with Crippen LogP contribution in [0.4, 0.5) is 5.82 Å². The van der Waals surface area contributed by atoms with Crippen LogP contribution in [-0.4, -0.2) is 12.1 Å². The number of hydrogen-bond acceptors (Lipinski definition) is 3. The van der Waals surface area contributed by atoms with Crippen molar-refractivity contribution in [2.45, 2.75) is 6.54 Å². The highest BCUT2D eigenvalue weighted by Gasteiger charge is 1.97. The molecule has 1 aromatic heterocycles. The van der Waals surface area contributed by atoms with Gasteiger partial charge in [0.2, 0.25) is 0 Å². The van der Waals surface area contributed by atoms with Crippen LogP contribution in [-0.2, 0) is 6.54 Å². The first-order valence-electron chi connectivity index (χ1n) is 5.26. The summed E-state index contributed by atoms with van der Waals surface area (Å²) in [5.74, 6) is 1.73. The van der Waals surface area contributed by atoms with Gasteiger partial charge in [-0.25, -0.2) is 4.98 Å². The predicted octanol–water partition coefficient (Wildman–Crippen LogP) is 3.46. The first-order chi connectivity index (χ1) is 8.28. The molecule has 0 aliphatic rings. The van der Waals surface area contributed by atoms with Crippen molar-refractivity contribution in [3.8, 4) is 5.75 Å². The molecule has 0 saturated heterocycles. The normalized spacial score (nSPS) is 10.0. The van der Waals surface area contributed by atoms with E-state index in [1.54, 1.807) is 13.3 Å².